The van der Waals surface area contributed by atoms with E-state index in [1.54, 1.807) is 25.4 Å². The van der Waals surface area contributed by atoms with E-state index in [0.29, 0.717) is 22.1 Å². The van der Waals surface area contributed by atoms with Crippen LogP contribution in [-0.4, -0.2) is 12.1 Å². The molecule has 2 heterocycles. The molecule has 0 unspecified atom stereocenters. The van der Waals surface area contributed by atoms with Crippen LogP contribution in [-0.2, 0) is 0 Å². The molecule has 0 aliphatic heterocycles. The molecule has 0 atom stereocenters. The van der Waals surface area contributed by atoms with Gasteiger partial charge in [-0.1, -0.05) is 24.3 Å². The Kier molecular flexibility index (Phi) is 3.08. The van der Waals surface area contributed by atoms with Gasteiger partial charge >= 0.3 is 0 Å². The zero-order chi connectivity index (χ0) is 15.8. The summed E-state index contributed by atoms with van der Waals surface area (Å²) in [4.78, 5) is 17.1. The van der Waals surface area contributed by atoms with E-state index in [0.717, 1.165) is 16.9 Å². The molecule has 4 nitrogen and oxygen atoms in total. The van der Waals surface area contributed by atoms with Crippen molar-refractivity contribution >= 4 is 22.1 Å². The molecule has 0 amide bonds. The van der Waals surface area contributed by atoms with Crippen LogP contribution in [0.2, 0.25) is 0 Å². The second-order valence-corrected chi connectivity index (χ2v) is 5.19. The average Bonchev–Trinajstić information content (AvgIpc) is 2.61. The van der Waals surface area contributed by atoms with Gasteiger partial charge < -0.3 is 9.15 Å². The first kappa shape index (κ1) is 13.5. The lowest BCUT2D eigenvalue weighted by molar-refractivity contribution is 0.415. The minimum Gasteiger partial charge on any atom is -0.497 e. The monoisotopic (exact) mass is 303 g/mol. The molecule has 0 saturated heterocycles. The summed E-state index contributed by atoms with van der Waals surface area (Å²) in [7, 11) is 1.62. The van der Waals surface area contributed by atoms with Gasteiger partial charge in [-0.25, -0.2) is 4.98 Å². The van der Waals surface area contributed by atoms with Crippen LogP contribution in [0, 0.1) is 0 Å². The molecule has 0 fully saturated rings. The number of fused-ring (bicyclic) bond motifs is 2. The van der Waals surface area contributed by atoms with Crippen molar-refractivity contribution in [3.05, 3.63) is 71.0 Å². The van der Waals surface area contributed by atoms with Gasteiger partial charge in [0.25, 0.3) is 0 Å². The molecule has 112 valence electrons. The summed E-state index contributed by atoms with van der Waals surface area (Å²) < 4.78 is 11.0. The fourth-order valence-electron chi connectivity index (χ4n) is 2.73. The number of hydrogen-bond acceptors (Lipinski definition) is 4. The molecule has 0 saturated carbocycles. The highest BCUT2D eigenvalue weighted by atomic mass is 16.5. The van der Waals surface area contributed by atoms with E-state index in [1.807, 2.05) is 42.5 Å². The molecule has 4 heteroatoms. The van der Waals surface area contributed by atoms with Crippen molar-refractivity contribution < 1.29 is 9.15 Å². The van der Waals surface area contributed by atoms with Crippen LogP contribution in [0.25, 0.3) is 33.2 Å². The molecule has 4 aromatic rings. The zero-order valence-electron chi connectivity index (χ0n) is 12.4. The van der Waals surface area contributed by atoms with E-state index < -0.39 is 0 Å². The molecular formula is C19H13NO3. The predicted molar refractivity (Wildman–Crippen MR) is 89.8 cm³/mol. The van der Waals surface area contributed by atoms with E-state index in [-0.39, 0.29) is 5.43 Å². The van der Waals surface area contributed by atoms with Crippen LogP contribution in [0.15, 0.2) is 70.0 Å². The zero-order valence-corrected chi connectivity index (χ0v) is 12.4. The number of ether oxygens (including phenoxy) is 1. The molecular weight excluding hydrogens is 290 g/mol. The molecule has 2 aromatic heterocycles. The summed E-state index contributed by atoms with van der Waals surface area (Å²) in [6, 6.07) is 16.6. The van der Waals surface area contributed by atoms with Gasteiger partial charge in [-0.3, -0.25) is 4.79 Å². The molecule has 4 rings (SSSR count). The first-order valence-corrected chi connectivity index (χ1v) is 7.23. The lowest BCUT2D eigenvalue weighted by atomic mass is 10.0. The Bertz CT molecular complexity index is 1070. The van der Waals surface area contributed by atoms with Gasteiger partial charge in [0.1, 0.15) is 11.3 Å². The standard InChI is InChI=1S/C19H13NO3/c1-22-13-8-6-12(7-9-13)14-10-11-20-19-17(14)18(21)15-4-2-3-5-16(15)23-19/h2-11H,1H3. The Morgan fingerprint density at radius 2 is 1.78 bits per heavy atom. The van der Waals surface area contributed by atoms with Crippen molar-refractivity contribution in [3.63, 3.8) is 0 Å². The van der Waals surface area contributed by atoms with Gasteiger partial charge in [0, 0.05) is 6.20 Å². The maximum absolute atomic E-state index is 12.9. The van der Waals surface area contributed by atoms with Gasteiger partial charge in [0.15, 0.2) is 0 Å². The first-order valence-electron chi connectivity index (χ1n) is 7.23. The van der Waals surface area contributed by atoms with Gasteiger partial charge in [0.2, 0.25) is 11.1 Å². The fourth-order valence-corrected chi connectivity index (χ4v) is 2.73. The van der Waals surface area contributed by atoms with Crippen molar-refractivity contribution in [1.82, 2.24) is 4.98 Å². The normalized spacial score (nSPS) is 11.0. The second-order valence-electron chi connectivity index (χ2n) is 5.19. The second kappa shape index (κ2) is 5.25. The van der Waals surface area contributed by atoms with E-state index in [1.165, 1.54) is 0 Å². The quantitative estimate of drug-likeness (QED) is 0.525. The maximum Gasteiger partial charge on any atom is 0.231 e. The minimum atomic E-state index is -0.0687. The van der Waals surface area contributed by atoms with Gasteiger partial charge in [-0.15, -0.1) is 0 Å². The Hall–Kier alpha value is -3.14. The van der Waals surface area contributed by atoms with Crippen molar-refractivity contribution in [2.75, 3.05) is 7.11 Å². The number of rotatable bonds is 2. The van der Waals surface area contributed by atoms with Crippen LogP contribution in [0.3, 0.4) is 0 Å². The Balaban J connectivity index is 2.07. The van der Waals surface area contributed by atoms with Crippen LogP contribution >= 0.6 is 0 Å². The topological polar surface area (TPSA) is 52.3 Å². The number of para-hydroxylation sites is 1. The highest BCUT2D eigenvalue weighted by Gasteiger charge is 2.13. The number of aromatic nitrogens is 1. The lowest BCUT2D eigenvalue weighted by Crippen LogP contribution is -2.04. The SMILES string of the molecule is COc1ccc(-c2ccnc3oc4ccccc4c(=O)c23)cc1. The third kappa shape index (κ3) is 2.16. The number of pyridine rings is 1. The number of hydrogen-bond donors (Lipinski definition) is 0. The van der Waals surface area contributed by atoms with E-state index in [4.69, 9.17) is 9.15 Å². The summed E-state index contributed by atoms with van der Waals surface area (Å²) in [6.07, 6.45) is 1.65. The minimum absolute atomic E-state index is 0.0687. The Morgan fingerprint density at radius 1 is 1.00 bits per heavy atom. The smallest absolute Gasteiger partial charge is 0.231 e. The molecule has 0 N–H and O–H groups in total. The van der Waals surface area contributed by atoms with Crippen molar-refractivity contribution in [2.24, 2.45) is 0 Å². The molecule has 2 aromatic carbocycles. The molecule has 0 aliphatic carbocycles. The van der Waals surface area contributed by atoms with E-state index in [2.05, 4.69) is 4.98 Å². The summed E-state index contributed by atoms with van der Waals surface area (Å²) in [5, 5.41) is 1.05. The van der Waals surface area contributed by atoms with Gasteiger partial charge in [-0.05, 0) is 41.5 Å². The average molecular weight is 303 g/mol. The molecule has 0 spiro atoms. The highest BCUT2D eigenvalue weighted by Crippen LogP contribution is 2.28. The van der Waals surface area contributed by atoms with E-state index >= 15 is 0 Å². The van der Waals surface area contributed by atoms with Crippen molar-refractivity contribution in [1.29, 1.82) is 0 Å². The van der Waals surface area contributed by atoms with Crippen LogP contribution < -0.4 is 10.2 Å². The van der Waals surface area contributed by atoms with Gasteiger partial charge in [0.05, 0.1) is 17.9 Å². The summed E-state index contributed by atoms with van der Waals surface area (Å²) in [5.41, 5.74) is 2.55. The van der Waals surface area contributed by atoms with Crippen molar-refractivity contribution in [2.45, 2.75) is 0 Å². The number of benzene rings is 2. The molecule has 0 bridgehead atoms. The Morgan fingerprint density at radius 3 is 2.57 bits per heavy atom. The highest BCUT2D eigenvalue weighted by molar-refractivity contribution is 5.97. The largest absolute Gasteiger partial charge is 0.497 e. The van der Waals surface area contributed by atoms with Gasteiger partial charge in [-0.2, -0.15) is 0 Å². The fraction of sp³-hybridized carbons (Fsp3) is 0.0526. The summed E-state index contributed by atoms with van der Waals surface area (Å²) in [5.74, 6) is 0.768. The lowest BCUT2D eigenvalue weighted by Gasteiger charge is -2.07. The van der Waals surface area contributed by atoms with E-state index in [9.17, 15) is 4.79 Å². The molecule has 23 heavy (non-hydrogen) atoms. The summed E-state index contributed by atoms with van der Waals surface area (Å²) in [6.45, 7) is 0. The predicted octanol–water partition coefficient (Wildman–Crippen LogP) is 4.02. The number of nitrogens with zero attached hydrogens (tertiary/aromatic N) is 1. The van der Waals surface area contributed by atoms with Crippen LogP contribution in [0.4, 0.5) is 0 Å². The molecule has 0 radical (unpaired) electrons. The maximum atomic E-state index is 12.9. The van der Waals surface area contributed by atoms with Crippen molar-refractivity contribution in [3.8, 4) is 16.9 Å². The Labute approximate surface area is 132 Å². The molecule has 0 aliphatic rings. The van der Waals surface area contributed by atoms with Crippen LogP contribution in [0.1, 0.15) is 0 Å². The first-order chi connectivity index (χ1) is 11.3. The van der Waals surface area contributed by atoms with Crippen LogP contribution in [0.5, 0.6) is 5.75 Å². The summed E-state index contributed by atoms with van der Waals surface area (Å²) >= 11 is 0. The third-order valence-electron chi connectivity index (χ3n) is 3.88. The third-order valence-corrected chi connectivity index (χ3v) is 3.88. The number of methoxy groups -OCH3 is 1.